The van der Waals surface area contributed by atoms with E-state index in [1.54, 1.807) is 18.9 Å². The fourth-order valence-electron chi connectivity index (χ4n) is 1.73. The molecule has 1 aromatic rings. The number of nitrogens with one attached hydrogen (secondary N) is 1. The van der Waals surface area contributed by atoms with Crippen LogP contribution in [0.3, 0.4) is 0 Å². The van der Waals surface area contributed by atoms with E-state index in [-0.39, 0.29) is 5.91 Å². The smallest absolute Gasteiger partial charge is 0.230 e. The predicted molar refractivity (Wildman–Crippen MR) is 85.3 cm³/mol. The molecule has 0 bridgehead atoms. The molecular weight excluding hydrogens is 272 g/mol. The van der Waals surface area contributed by atoms with Crippen molar-refractivity contribution >= 4 is 17.7 Å². The summed E-state index contributed by atoms with van der Waals surface area (Å²) >= 11 is 1.65. The van der Waals surface area contributed by atoms with Gasteiger partial charge >= 0.3 is 0 Å². The second-order valence-electron chi connectivity index (χ2n) is 4.65. The van der Waals surface area contributed by atoms with E-state index in [1.807, 2.05) is 24.3 Å². The van der Waals surface area contributed by atoms with Gasteiger partial charge in [0.15, 0.2) is 0 Å². The minimum atomic E-state index is 0.0902. The minimum Gasteiger partial charge on any atom is -0.497 e. The van der Waals surface area contributed by atoms with Gasteiger partial charge in [0, 0.05) is 11.8 Å². The third-order valence-corrected chi connectivity index (χ3v) is 4.20. The largest absolute Gasteiger partial charge is 0.497 e. The van der Waals surface area contributed by atoms with Crippen molar-refractivity contribution in [3.05, 3.63) is 29.8 Å². The predicted octanol–water partition coefficient (Wildman–Crippen LogP) is 1.82. The van der Waals surface area contributed by atoms with Gasteiger partial charge in [0.05, 0.1) is 12.9 Å². The van der Waals surface area contributed by atoms with Gasteiger partial charge in [-0.3, -0.25) is 4.79 Å². The van der Waals surface area contributed by atoms with Gasteiger partial charge in [0.1, 0.15) is 5.75 Å². The molecule has 5 heteroatoms. The fraction of sp³-hybridized carbons (Fsp3) is 0.533. The number of carbonyl (C=O) groups excluding carboxylic acids is 1. The number of ether oxygens (including phenoxy) is 1. The lowest BCUT2D eigenvalue weighted by Gasteiger charge is -2.10. The Kier molecular flexibility index (Phi) is 8.14. The van der Waals surface area contributed by atoms with Crippen molar-refractivity contribution in [1.82, 2.24) is 5.32 Å². The van der Waals surface area contributed by atoms with Gasteiger partial charge in [0.2, 0.25) is 5.91 Å². The van der Waals surface area contributed by atoms with E-state index in [0.717, 1.165) is 18.6 Å². The van der Waals surface area contributed by atoms with Gasteiger partial charge < -0.3 is 15.8 Å². The lowest BCUT2D eigenvalue weighted by atomic mass is 10.1. The second kappa shape index (κ2) is 9.66. The molecule has 0 aliphatic carbocycles. The van der Waals surface area contributed by atoms with E-state index in [9.17, 15) is 4.79 Å². The zero-order valence-electron chi connectivity index (χ0n) is 12.2. The van der Waals surface area contributed by atoms with Crippen LogP contribution < -0.4 is 15.8 Å². The second-order valence-corrected chi connectivity index (χ2v) is 6.07. The van der Waals surface area contributed by atoms with Crippen LogP contribution in [0, 0.1) is 0 Å². The van der Waals surface area contributed by atoms with Crippen LogP contribution in [0.2, 0.25) is 0 Å². The maximum Gasteiger partial charge on any atom is 0.230 e. The van der Waals surface area contributed by atoms with Crippen LogP contribution in [0.5, 0.6) is 5.75 Å². The van der Waals surface area contributed by atoms with Gasteiger partial charge in [-0.25, -0.2) is 0 Å². The summed E-state index contributed by atoms with van der Waals surface area (Å²) in [6, 6.07) is 7.90. The molecule has 4 nitrogen and oxygen atoms in total. The highest BCUT2D eigenvalue weighted by Crippen LogP contribution is 2.13. The first-order valence-electron chi connectivity index (χ1n) is 6.87. The Morgan fingerprint density at radius 1 is 1.40 bits per heavy atom. The number of amides is 1. The molecule has 20 heavy (non-hydrogen) atoms. The first-order chi connectivity index (χ1) is 9.65. The molecule has 0 radical (unpaired) electrons. The Hall–Kier alpha value is -1.20. The van der Waals surface area contributed by atoms with Gasteiger partial charge in [-0.15, -0.1) is 11.8 Å². The zero-order valence-corrected chi connectivity index (χ0v) is 13.0. The standard InChI is InChI=1S/C15H24N2O2S/c1-12(7-9-16)20-11-15(18)17-10-8-13-3-5-14(19-2)6-4-13/h3-6,12H,7-11,16H2,1-2H3,(H,17,18). The van der Waals surface area contributed by atoms with Gasteiger partial charge in [-0.2, -0.15) is 0 Å². The first kappa shape index (κ1) is 16.9. The van der Waals surface area contributed by atoms with E-state index < -0.39 is 0 Å². The normalized spacial score (nSPS) is 11.9. The monoisotopic (exact) mass is 296 g/mol. The van der Waals surface area contributed by atoms with Gasteiger partial charge in [-0.05, 0) is 37.1 Å². The van der Waals surface area contributed by atoms with Crippen molar-refractivity contribution in [2.45, 2.75) is 25.0 Å². The van der Waals surface area contributed by atoms with E-state index in [2.05, 4.69) is 12.2 Å². The number of benzene rings is 1. The molecule has 1 rings (SSSR count). The summed E-state index contributed by atoms with van der Waals surface area (Å²) in [4.78, 5) is 11.7. The summed E-state index contributed by atoms with van der Waals surface area (Å²) in [6.07, 6.45) is 1.78. The lowest BCUT2D eigenvalue weighted by Crippen LogP contribution is -2.28. The van der Waals surface area contributed by atoms with Gasteiger partial charge in [0.25, 0.3) is 0 Å². The minimum absolute atomic E-state index is 0.0902. The number of rotatable bonds is 9. The highest BCUT2D eigenvalue weighted by atomic mass is 32.2. The molecule has 1 aromatic carbocycles. The molecule has 0 aromatic heterocycles. The van der Waals surface area contributed by atoms with E-state index in [4.69, 9.17) is 10.5 Å². The highest BCUT2D eigenvalue weighted by molar-refractivity contribution is 8.00. The Labute approximate surface area is 125 Å². The zero-order chi connectivity index (χ0) is 14.8. The summed E-state index contributed by atoms with van der Waals surface area (Å²) in [5, 5.41) is 3.37. The molecule has 1 atom stereocenters. The first-order valence-corrected chi connectivity index (χ1v) is 7.92. The number of hydrogen-bond donors (Lipinski definition) is 2. The summed E-state index contributed by atoms with van der Waals surface area (Å²) in [6.45, 7) is 3.44. The van der Waals surface area contributed by atoms with Crippen LogP contribution in [0.4, 0.5) is 0 Å². The number of carbonyl (C=O) groups is 1. The molecule has 112 valence electrons. The van der Waals surface area contributed by atoms with Crippen LogP contribution >= 0.6 is 11.8 Å². The number of thioether (sulfide) groups is 1. The Morgan fingerprint density at radius 2 is 2.10 bits per heavy atom. The molecule has 0 aliphatic rings. The van der Waals surface area contributed by atoms with Crippen molar-refractivity contribution in [3.63, 3.8) is 0 Å². The van der Waals surface area contributed by atoms with Crippen molar-refractivity contribution in [1.29, 1.82) is 0 Å². The molecule has 0 heterocycles. The molecule has 0 spiro atoms. The fourth-order valence-corrected chi connectivity index (χ4v) is 2.57. The maximum absolute atomic E-state index is 11.7. The summed E-state index contributed by atoms with van der Waals surface area (Å²) in [5.41, 5.74) is 6.67. The van der Waals surface area contributed by atoms with Gasteiger partial charge in [-0.1, -0.05) is 19.1 Å². The Balaban J connectivity index is 2.17. The molecule has 0 aliphatic heterocycles. The van der Waals surface area contributed by atoms with E-state index in [1.165, 1.54) is 5.56 Å². The molecule has 0 fully saturated rings. The van der Waals surface area contributed by atoms with Crippen molar-refractivity contribution in [3.8, 4) is 5.75 Å². The summed E-state index contributed by atoms with van der Waals surface area (Å²) < 4.78 is 5.10. The van der Waals surface area contributed by atoms with E-state index in [0.29, 0.717) is 24.1 Å². The molecular formula is C15H24N2O2S. The summed E-state index contributed by atoms with van der Waals surface area (Å²) in [5.74, 6) is 1.44. The topological polar surface area (TPSA) is 64.3 Å². The summed E-state index contributed by atoms with van der Waals surface area (Å²) in [7, 11) is 1.65. The Bertz CT molecular complexity index is 395. The average molecular weight is 296 g/mol. The maximum atomic E-state index is 11.7. The number of nitrogens with two attached hydrogens (primary N) is 1. The quantitative estimate of drug-likeness (QED) is 0.729. The van der Waals surface area contributed by atoms with E-state index >= 15 is 0 Å². The van der Waals surface area contributed by atoms with Crippen molar-refractivity contribution in [2.24, 2.45) is 5.73 Å². The highest BCUT2D eigenvalue weighted by Gasteiger charge is 2.06. The molecule has 1 amide bonds. The SMILES string of the molecule is COc1ccc(CCNC(=O)CSC(C)CCN)cc1. The molecule has 1 unspecified atom stereocenters. The van der Waals surface area contributed by atoms with Crippen LogP contribution in [0.15, 0.2) is 24.3 Å². The Morgan fingerprint density at radius 3 is 2.70 bits per heavy atom. The lowest BCUT2D eigenvalue weighted by molar-refractivity contribution is -0.118. The third-order valence-electron chi connectivity index (χ3n) is 2.97. The molecule has 0 saturated carbocycles. The molecule has 3 N–H and O–H groups in total. The van der Waals surface area contributed by atoms with Crippen LogP contribution in [0.1, 0.15) is 18.9 Å². The van der Waals surface area contributed by atoms with Crippen LogP contribution in [-0.4, -0.2) is 37.1 Å². The number of methoxy groups -OCH3 is 1. The number of hydrogen-bond acceptors (Lipinski definition) is 4. The molecule has 0 saturated heterocycles. The van der Waals surface area contributed by atoms with Crippen LogP contribution in [-0.2, 0) is 11.2 Å². The third kappa shape index (κ3) is 6.82. The van der Waals surface area contributed by atoms with Crippen molar-refractivity contribution < 1.29 is 9.53 Å². The van der Waals surface area contributed by atoms with Crippen molar-refractivity contribution in [2.75, 3.05) is 26.0 Å². The average Bonchev–Trinajstić information content (AvgIpc) is 2.46. The van der Waals surface area contributed by atoms with Crippen LogP contribution in [0.25, 0.3) is 0 Å².